The Hall–Kier alpha value is -1.06. The highest BCUT2D eigenvalue weighted by molar-refractivity contribution is 5.78. The van der Waals surface area contributed by atoms with Crippen LogP contribution in [0.5, 0.6) is 0 Å². The maximum Gasteiger partial charge on any atom is 0.404 e. The molecule has 18 heavy (non-hydrogen) atoms. The summed E-state index contributed by atoms with van der Waals surface area (Å²) in [6.07, 6.45) is 2.71. The predicted octanol–water partition coefficient (Wildman–Crippen LogP) is 3.06. The van der Waals surface area contributed by atoms with Crippen LogP contribution in [0, 0.1) is 17.3 Å². The van der Waals surface area contributed by atoms with E-state index in [9.17, 15) is 9.59 Å². The number of nitrogens with one attached hydrogen (secondary N) is 1. The van der Waals surface area contributed by atoms with E-state index in [0.717, 1.165) is 25.7 Å². The van der Waals surface area contributed by atoms with Crippen molar-refractivity contribution < 1.29 is 14.7 Å². The van der Waals surface area contributed by atoms with Crippen LogP contribution in [0.3, 0.4) is 0 Å². The van der Waals surface area contributed by atoms with Crippen LogP contribution in [0.2, 0.25) is 0 Å². The number of carbonyl (C=O) groups excluding carboxylic acids is 1. The van der Waals surface area contributed by atoms with E-state index in [0.29, 0.717) is 5.92 Å². The van der Waals surface area contributed by atoms with Crippen molar-refractivity contribution in [1.29, 1.82) is 0 Å². The van der Waals surface area contributed by atoms with E-state index in [1.165, 1.54) is 0 Å². The third kappa shape index (κ3) is 4.00. The first kappa shape index (κ1) is 15.0. The van der Waals surface area contributed by atoms with Gasteiger partial charge < -0.3 is 10.4 Å². The summed E-state index contributed by atoms with van der Waals surface area (Å²) in [5.41, 5.74) is -0.0912. The molecule has 1 aliphatic rings. The molecule has 2 N–H and O–H groups in total. The third-order valence-corrected chi connectivity index (χ3v) is 4.03. The summed E-state index contributed by atoms with van der Waals surface area (Å²) in [6, 6.07) is -0.0390. The predicted molar refractivity (Wildman–Crippen MR) is 70.5 cm³/mol. The number of ketones is 1. The van der Waals surface area contributed by atoms with Crippen molar-refractivity contribution in [1.82, 2.24) is 5.32 Å². The Morgan fingerprint density at radius 3 is 2.00 bits per heavy atom. The minimum atomic E-state index is -0.955. The molecule has 1 saturated carbocycles. The molecule has 0 aromatic rings. The lowest BCUT2D eigenvalue weighted by Gasteiger charge is -2.40. The van der Waals surface area contributed by atoms with Gasteiger partial charge in [0.1, 0.15) is 5.78 Å². The summed E-state index contributed by atoms with van der Waals surface area (Å²) in [5.74, 6) is 0.801. The molecule has 4 nitrogen and oxygen atoms in total. The molecule has 0 aliphatic heterocycles. The highest BCUT2D eigenvalue weighted by atomic mass is 16.4. The Kier molecular flexibility index (Phi) is 4.77. The Morgan fingerprint density at radius 2 is 1.67 bits per heavy atom. The first-order chi connectivity index (χ1) is 8.21. The summed E-state index contributed by atoms with van der Waals surface area (Å²) in [6.45, 7) is 7.84. The second-order valence-electron chi connectivity index (χ2n) is 6.52. The molecular weight excluding hydrogens is 230 g/mol. The summed E-state index contributed by atoms with van der Waals surface area (Å²) in [5, 5.41) is 11.6. The van der Waals surface area contributed by atoms with Crippen molar-refractivity contribution in [3.8, 4) is 0 Å². The van der Waals surface area contributed by atoms with Gasteiger partial charge in [-0.2, -0.15) is 0 Å². The van der Waals surface area contributed by atoms with Crippen molar-refractivity contribution >= 4 is 11.9 Å². The van der Waals surface area contributed by atoms with E-state index in [1.807, 2.05) is 0 Å². The fraction of sp³-hybridized carbons (Fsp3) is 0.857. The Bertz CT molecular complexity index is 311. The molecule has 1 amide bonds. The van der Waals surface area contributed by atoms with Crippen molar-refractivity contribution in [3.05, 3.63) is 0 Å². The number of carboxylic acid groups (broad SMARTS) is 1. The number of Topliss-reactive ketones (excluding diaryl/α,β-unsaturated/α-hetero) is 1. The summed E-state index contributed by atoms with van der Waals surface area (Å²) >= 11 is 0. The topological polar surface area (TPSA) is 66.4 Å². The molecule has 0 bridgehead atoms. The van der Waals surface area contributed by atoms with Crippen molar-refractivity contribution in [2.24, 2.45) is 17.3 Å². The number of hydrogen-bond donors (Lipinski definition) is 2. The second kappa shape index (κ2) is 5.72. The molecule has 0 radical (unpaired) electrons. The maximum absolute atomic E-state index is 11.3. The number of hydrogen-bond acceptors (Lipinski definition) is 2. The zero-order chi connectivity index (χ0) is 13.9. The minimum absolute atomic E-state index is 0.0390. The van der Waals surface area contributed by atoms with Gasteiger partial charge >= 0.3 is 6.09 Å². The number of rotatable bonds is 3. The standard InChI is InChI=1S/C14H25NO3/c1-9(16)10-5-7-11(8-6-10)12(14(2,3)4)15-13(17)18/h10-12,15H,5-8H2,1-4H3,(H,17,18). The molecule has 1 atom stereocenters. The molecule has 1 unspecified atom stereocenters. The van der Waals surface area contributed by atoms with Crippen LogP contribution in [0.15, 0.2) is 0 Å². The summed E-state index contributed by atoms with van der Waals surface area (Å²) in [4.78, 5) is 22.2. The van der Waals surface area contributed by atoms with Crippen LogP contribution in [0.25, 0.3) is 0 Å². The monoisotopic (exact) mass is 255 g/mol. The van der Waals surface area contributed by atoms with Gasteiger partial charge in [0.05, 0.1) is 0 Å². The van der Waals surface area contributed by atoms with Gasteiger partial charge in [-0.3, -0.25) is 4.79 Å². The minimum Gasteiger partial charge on any atom is -0.465 e. The third-order valence-electron chi connectivity index (χ3n) is 4.03. The van der Waals surface area contributed by atoms with Gasteiger partial charge in [-0.1, -0.05) is 20.8 Å². The van der Waals surface area contributed by atoms with E-state index < -0.39 is 6.09 Å². The molecule has 1 aliphatic carbocycles. The van der Waals surface area contributed by atoms with Gasteiger partial charge in [-0.05, 0) is 43.9 Å². The van der Waals surface area contributed by atoms with Crippen LogP contribution < -0.4 is 5.32 Å². The quantitative estimate of drug-likeness (QED) is 0.814. The Balaban J connectivity index is 2.66. The lowest BCUT2D eigenvalue weighted by molar-refractivity contribution is -0.122. The molecule has 0 spiro atoms. The highest BCUT2D eigenvalue weighted by Gasteiger charge is 2.36. The van der Waals surface area contributed by atoms with Crippen LogP contribution in [0.4, 0.5) is 4.79 Å². The zero-order valence-electron chi connectivity index (χ0n) is 11.8. The summed E-state index contributed by atoms with van der Waals surface area (Å²) in [7, 11) is 0. The molecule has 4 heteroatoms. The number of amides is 1. The molecular formula is C14H25NO3. The Labute approximate surface area is 109 Å². The average Bonchev–Trinajstić information content (AvgIpc) is 2.24. The fourth-order valence-corrected chi connectivity index (χ4v) is 3.03. The van der Waals surface area contributed by atoms with Gasteiger partial charge in [0.2, 0.25) is 0 Å². The van der Waals surface area contributed by atoms with Crippen LogP contribution in [0.1, 0.15) is 53.4 Å². The van der Waals surface area contributed by atoms with Crippen molar-refractivity contribution in [2.75, 3.05) is 0 Å². The molecule has 1 rings (SSSR count). The second-order valence-corrected chi connectivity index (χ2v) is 6.52. The smallest absolute Gasteiger partial charge is 0.404 e. The van der Waals surface area contributed by atoms with Gasteiger partial charge in [-0.25, -0.2) is 4.79 Å². The van der Waals surface area contributed by atoms with E-state index in [4.69, 9.17) is 5.11 Å². The van der Waals surface area contributed by atoms with Crippen LogP contribution in [-0.4, -0.2) is 23.0 Å². The Morgan fingerprint density at radius 1 is 1.17 bits per heavy atom. The normalized spacial score (nSPS) is 26.4. The van der Waals surface area contributed by atoms with Gasteiger partial charge in [0.25, 0.3) is 0 Å². The lowest BCUT2D eigenvalue weighted by Crippen LogP contribution is -2.49. The lowest BCUT2D eigenvalue weighted by atomic mass is 9.70. The van der Waals surface area contributed by atoms with Crippen molar-refractivity contribution in [3.63, 3.8) is 0 Å². The largest absolute Gasteiger partial charge is 0.465 e. The van der Waals surface area contributed by atoms with Crippen LogP contribution in [-0.2, 0) is 4.79 Å². The molecule has 1 fully saturated rings. The van der Waals surface area contributed by atoms with E-state index in [-0.39, 0.29) is 23.2 Å². The molecule has 104 valence electrons. The first-order valence-corrected chi connectivity index (χ1v) is 6.71. The average molecular weight is 255 g/mol. The van der Waals surface area contributed by atoms with Gasteiger partial charge in [0.15, 0.2) is 0 Å². The maximum atomic E-state index is 11.3. The highest BCUT2D eigenvalue weighted by Crippen LogP contribution is 2.37. The molecule has 0 aromatic heterocycles. The molecule has 0 heterocycles. The first-order valence-electron chi connectivity index (χ1n) is 6.71. The van der Waals surface area contributed by atoms with E-state index >= 15 is 0 Å². The van der Waals surface area contributed by atoms with Crippen LogP contribution >= 0.6 is 0 Å². The van der Waals surface area contributed by atoms with E-state index in [1.54, 1.807) is 6.92 Å². The molecule has 0 saturated heterocycles. The van der Waals surface area contributed by atoms with Gasteiger partial charge in [-0.15, -0.1) is 0 Å². The van der Waals surface area contributed by atoms with Gasteiger partial charge in [0, 0.05) is 12.0 Å². The fourth-order valence-electron chi connectivity index (χ4n) is 3.03. The van der Waals surface area contributed by atoms with E-state index in [2.05, 4.69) is 26.1 Å². The number of carbonyl (C=O) groups is 2. The summed E-state index contributed by atoms with van der Waals surface area (Å²) < 4.78 is 0. The molecule has 0 aromatic carbocycles. The SMILES string of the molecule is CC(=O)C1CCC(C(NC(=O)O)C(C)(C)C)CC1. The zero-order valence-corrected chi connectivity index (χ0v) is 11.8. The van der Waals surface area contributed by atoms with Crippen molar-refractivity contribution in [2.45, 2.75) is 59.4 Å².